The average molecular weight is 723 g/mol. The highest BCUT2D eigenvalue weighted by molar-refractivity contribution is 7.88. The molecule has 3 unspecified atom stereocenters. The van der Waals surface area contributed by atoms with Gasteiger partial charge in [-0.15, -0.1) is 0 Å². The van der Waals surface area contributed by atoms with E-state index in [-0.39, 0.29) is 12.2 Å². The number of ether oxygens (including phenoxy) is 1. The first kappa shape index (κ1) is 41.3. The van der Waals surface area contributed by atoms with Crippen LogP contribution in [0.1, 0.15) is 50.3 Å². The van der Waals surface area contributed by atoms with Gasteiger partial charge in [-0.1, -0.05) is 105 Å². The Morgan fingerprint density at radius 3 is 1.86 bits per heavy atom. The molecule has 15 heteroatoms. The molecule has 0 aliphatic rings. The molecule has 0 saturated carbocycles. The topological polar surface area (TPSA) is 217 Å². The Balaban J connectivity index is 0.00000290. The van der Waals surface area contributed by atoms with Crippen molar-refractivity contribution in [2.24, 2.45) is 0 Å². The number of amides is 4. The van der Waals surface area contributed by atoms with Crippen LogP contribution in [0.4, 0.5) is 4.79 Å². The molecule has 4 amide bonds. The van der Waals surface area contributed by atoms with Crippen LogP contribution in [0.2, 0.25) is 0 Å². The Labute approximate surface area is 298 Å². The van der Waals surface area contributed by atoms with Crippen LogP contribution in [-0.2, 0) is 46.1 Å². The molecule has 3 aromatic rings. The van der Waals surface area contributed by atoms with Crippen LogP contribution in [0.3, 0.4) is 0 Å². The fourth-order valence-electron chi connectivity index (χ4n) is 4.16. The number of hydrogen-bond acceptors (Lipinski definition) is 8. The fraction of sp³-hybridized carbons (Fsp3) is 0.278. The van der Waals surface area contributed by atoms with Gasteiger partial charge in [0.25, 0.3) is 0 Å². The zero-order valence-electron chi connectivity index (χ0n) is 28.2. The molecule has 0 radical (unpaired) electrons. The molecule has 0 aliphatic heterocycles. The molecule has 0 spiro atoms. The van der Waals surface area contributed by atoms with Crippen molar-refractivity contribution in [3.63, 3.8) is 0 Å². The molecule has 0 saturated heterocycles. The lowest BCUT2D eigenvalue weighted by Gasteiger charge is -2.23. The Kier molecular flexibility index (Phi) is 18.4. The van der Waals surface area contributed by atoms with Crippen LogP contribution in [0.15, 0.2) is 107 Å². The van der Waals surface area contributed by atoms with E-state index in [1.165, 1.54) is 30.0 Å². The Hall–Kier alpha value is -5.83. The minimum Gasteiger partial charge on any atom is -0.481 e. The molecule has 4 atom stereocenters. The van der Waals surface area contributed by atoms with Crippen molar-refractivity contribution < 1.29 is 47.9 Å². The molecule has 272 valence electrons. The van der Waals surface area contributed by atoms with Crippen molar-refractivity contribution in [2.75, 3.05) is 6.54 Å². The molecule has 51 heavy (non-hydrogen) atoms. The molecule has 0 heterocycles. The lowest BCUT2D eigenvalue weighted by molar-refractivity contribution is -0.140. The number of rotatable bonds is 17. The molecule has 0 aromatic heterocycles. The summed E-state index contributed by atoms with van der Waals surface area (Å²) in [5, 5.41) is 29.3. The first-order valence-corrected chi connectivity index (χ1v) is 17.1. The zero-order valence-corrected chi connectivity index (χ0v) is 29.0. The van der Waals surface area contributed by atoms with Crippen LogP contribution >= 0.6 is 0 Å². The number of aliphatic carboxylic acids is 2. The van der Waals surface area contributed by atoms with Crippen molar-refractivity contribution in [3.05, 3.63) is 114 Å². The third kappa shape index (κ3) is 16.4. The average Bonchev–Trinajstić information content (AvgIpc) is 3.11. The number of carboxylic acid groups (broad SMARTS) is 2. The molecule has 0 bridgehead atoms. The van der Waals surface area contributed by atoms with E-state index < -0.39 is 84.1 Å². The molecule has 3 rings (SSSR count). The van der Waals surface area contributed by atoms with Crippen molar-refractivity contribution in [1.82, 2.24) is 21.3 Å². The van der Waals surface area contributed by atoms with Gasteiger partial charge < -0.3 is 36.2 Å². The number of benzene rings is 3. The van der Waals surface area contributed by atoms with E-state index in [1.54, 1.807) is 78.9 Å². The highest BCUT2D eigenvalue weighted by atomic mass is 32.2. The highest BCUT2D eigenvalue weighted by Crippen LogP contribution is 2.14. The molecular weight excluding hydrogens is 680 g/mol. The smallest absolute Gasteiger partial charge is 0.408 e. The van der Waals surface area contributed by atoms with Gasteiger partial charge in [0.1, 0.15) is 18.7 Å². The molecular formula is C36H42N4O10S. The second-order valence-electron chi connectivity index (χ2n) is 10.8. The van der Waals surface area contributed by atoms with Gasteiger partial charge in [-0.25, -0.2) is 9.00 Å². The zero-order chi connectivity index (χ0) is 37.6. The van der Waals surface area contributed by atoms with Crippen molar-refractivity contribution in [2.45, 2.75) is 62.7 Å². The van der Waals surface area contributed by atoms with Gasteiger partial charge in [0, 0.05) is 10.3 Å². The van der Waals surface area contributed by atoms with Crippen molar-refractivity contribution in [1.29, 1.82) is 0 Å². The van der Waals surface area contributed by atoms with Crippen LogP contribution in [0, 0.1) is 0 Å². The Morgan fingerprint density at radius 1 is 0.745 bits per heavy atom. The molecule has 0 fully saturated rings. The van der Waals surface area contributed by atoms with E-state index in [9.17, 15) is 43.2 Å². The van der Waals surface area contributed by atoms with E-state index in [2.05, 4.69) is 35.1 Å². The summed E-state index contributed by atoms with van der Waals surface area (Å²) in [6, 6.07) is 20.8. The number of carbonyl (C=O) groups is 6. The van der Waals surface area contributed by atoms with Gasteiger partial charge in [-0.2, -0.15) is 0 Å². The number of hydrogen-bond donors (Lipinski definition) is 6. The van der Waals surface area contributed by atoms with Crippen molar-refractivity contribution >= 4 is 46.6 Å². The molecule has 14 nitrogen and oxygen atoms in total. The van der Waals surface area contributed by atoms with E-state index in [1.807, 2.05) is 0 Å². The van der Waals surface area contributed by atoms with E-state index in [0.717, 1.165) is 0 Å². The Bertz CT molecular complexity index is 1640. The summed E-state index contributed by atoms with van der Waals surface area (Å²) in [6.45, 7) is 3.48. The molecule has 0 aliphatic carbocycles. The van der Waals surface area contributed by atoms with Gasteiger partial charge >= 0.3 is 18.0 Å². The van der Waals surface area contributed by atoms with E-state index in [0.29, 0.717) is 10.5 Å². The van der Waals surface area contributed by atoms with Gasteiger partial charge in [0.05, 0.1) is 36.2 Å². The predicted octanol–water partition coefficient (Wildman–Crippen LogP) is 3.43. The minimum absolute atomic E-state index is 0.140. The van der Waals surface area contributed by atoms with Crippen molar-refractivity contribution in [3.8, 4) is 0 Å². The number of carboxylic acids is 2. The highest BCUT2D eigenvalue weighted by Gasteiger charge is 2.30. The van der Waals surface area contributed by atoms with Crippen LogP contribution in [-0.4, -0.2) is 68.8 Å². The number of alkyl carbamates (subject to hydrolysis) is 1. The normalized spacial score (nSPS) is 12.8. The largest absolute Gasteiger partial charge is 0.481 e. The van der Waals surface area contributed by atoms with E-state index in [4.69, 9.17) is 4.74 Å². The summed E-state index contributed by atoms with van der Waals surface area (Å²) in [6.07, 6.45) is 0.113. The quantitative estimate of drug-likeness (QED) is 0.119. The SMILES string of the molecule is CCC.O=C(O)CC(/C=C/S(=O)c1ccccc1)NC(=O)CNC(=O)C(NC(=O)[C@H](CC(=O)O)NC(=O)OCc1ccccc1)c1ccccc1. The van der Waals surface area contributed by atoms with E-state index >= 15 is 0 Å². The van der Waals surface area contributed by atoms with Crippen LogP contribution in [0.25, 0.3) is 0 Å². The minimum atomic E-state index is -1.63. The number of carbonyl (C=O) groups excluding carboxylic acids is 4. The fourth-order valence-corrected chi connectivity index (χ4v) is 5.08. The maximum Gasteiger partial charge on any atom is 0.408 e. The molecule has 6 N–H and O–H groups in total. The summed E-state index contributed by atoms with van der Waals surface area (Å²) in [5.41, 5.74) is 0.934. The first-order chi connectivity index (χ1) is 24.4. The number of nitrogens with one attached hydrogen (secondary N) is 4. The summed E-state index contributed by atoms with van der Waals surface area (Å²) in [7, 11) is -1.61. The van der Waals surface area contributed by atoms with Gasteiger partial charge in [0.2, 0.25) is 17.7 Å². The second-order valence-corrected chi connectivity index (χ2v) is 12.2. The van der Waals surface area contributed by atoms with Gasteiger partial charge in [-0.05, 0) is 23.3 Å². The van der Waals surface area contributed by atoms with Crippen LogP contribution in [0.5, 0.6) is 0 Å². The summed E-state index contributed by atoms with van der Waals surface area (Å²) in [5.74, 6) is -5.30. The maximum absolute atomic E-state index is 13.3. The summed E-state index contributed by atoms with van der Waals surface area (Å²) >= 11 is 0. The monoisotopic (exact) mass is 722 g/mol. The predicted molar refractivity (Wildman–Crippen MR) is 188 cm³/mol. The standard InChI is InChI=1S/C33H34N4O10S.C3H8/c38-27(35-24(18-28(39)40)16-17-48(46)25-14-8-3-9-15-25)20-34-32(44)30(23-12-6-2-7-13-23)37-31(43)26(19-29(41)42)36-33(45)47-21-22-10-4-1-5-11-22;1-3-2/h1-17,24,26,30H,18-21H2,(H,34,44)(H,35,38)(H,36,45)(H,37,43)(H,39,40)(H,41,42);3H2,1-2H3/b17-16+;/t24?,26-,30?,48?;/m0./s1. The van der Waals surface area contributed by atoms with Gasteiger partial charge in [-0.3, -0.25) is 24.0 Å². The lowest BCUT2D eigenvalue weighted by Crippen LogP contribution is -2.52. The summed E-state index contributed by atoms with van der Waals surface area (Å²) in [4.78, 5) is 74.9. The summed E-state index contributed by atoms with van der Waals surface area (Å²) < 4.78 is 17.6. The maximum atomic E-state index is 13.3. The Morgan fingerprint density at radius 2 is 1.29 bits per heavy atom. The lowest BCUT2D eigenvalue weighted by atomic mass is 10.0. The first-order valence-electron chi connectivity index (χ1n) is 15.9. The third-order valence-electron chi connectivity index (χ3n) is 6.46. The molecule has 3 aromatic carbocycles. The van der Waals surface area contributed by atoms with Gasteiger partial charge in [0.15, 0.2) is 0 Å². The third-order valence-corrected chi connectivity index (χ3v) is 7.60. The second kappa shape index (κ2) is 22.7. The van der Waals surface area contributed by atoms with Crippen LogP contribution < -0.4 is 21.3 Å².